The molecule has 3 N–H and O–H groups in total. The maximum absolute atomic E-state index is 12.2. The van der Waals surface area contributed by atoms with E-state index in [0.29, 0.717) is 12.8 Å². The van der Waals surface area contributed by atoms with Gasteiger partial charge < -0.3 is 15.5 Å². The third-order valence-corrected chi connectivity index (χ3v) is 8.42. The van der Waals surface area contributed by atoms with Gasteiger partial charge in [0.1, 0.15) is 0 Å². The first-order valence-corrected chi connectivity index (χ1v) is 19.8. The highest BCUT2D eigenvalue weighted by atomic mass is 16.3. The molecule has 0 spiro atoms. The van der Waals surface area contributed by atoms with Crippen LogP contribution in [0.5, 0.6) is 0 Å². The Hall–Kier alpha value is -2.43. The normalized spacial score (nSPS) is 14.0. The van der Waals surface area contributed by atoms with Crippen molar-refractivity contribution in [3.8, 4) is 0 Å². The van der Waals surface area contributed by atoms with Crippen molar-refractivity contribution < 1.29 is 15.0 Å². The summed E-state index contributed by atoms with van der Waals surface area (Å²) in [7, 11) is 0. The van der Waals surface area contributed by atoms with E-state index in [-0.39, 0.29) is 12.5 Å². The van der Waals surface area contributed by atoms with Gasteiger partial charge in [0, 0.05) is 6.42 Å². The van der Waals surface area contributed by atoms with E-state index in [9.17, 15) is 15.0 Å². The van der Waals surface area contributed by atoms with Crippen molar-refractivity contribution in [2.75, 3.05) is 6.61 Å². The average molecular weight is 666 g/mol. The lowest BCUT2D eigenvalue weighted by Gasteiger charge is -2.22. The lowest BCUT2D eigenvalue weighted by atomic mass is 10.0. The number of allylic oxidation sites excluding steroid dienone is 14. The minimum Gasteiger partial charge on any atom is -0.394 e. The molecule has 0 aliphatic carbocycles. The molecule has 0 rings (SSSR count). The minimum atomic E-state index is -0.662. The molecule has 274 valence electrons. The highest BCUT2D eigenvalue weighted by molar-refractivity contribution is 5.76. The third-order valence-electron chi connectivity index (χ3n) is 8.42. The third kappa shape index (κ3) is 34.9. The van der Waals surface area contributed by atoms with Crippen LogP contribution in [0.3, 0.4) is 0 Å². The van der Waals surface area contributed by atoms with Gasteiger partial charge in [-0.15, -0.1) is 0 Å². The predicted octanol–water partition coefficient (Wildman–Crippen LogP) is 12.1. The monoisotopic (exact) mass is 666 g/mol. The summed E-state index contributed by atoms with van der Waals surface area (Å²) in [5.41, 5.74) is 0. The molecule has 0 aromatic heterocycles. The van der Waals surface area contributed by atoms with Crippen LogP contribution in [-0.2, 0) is 4.79 Å². The molecule has 1 amide bonds. The topological polar surface area (TPSA) is 69.6 Å². The van der Waals surface area contributed by atoms with Gasteiger partial charge in [-0.05, 0) is 70.6 Å². The summed E-state index contributed by atoms with van der Waals surface area (Å²) in [6.07, 6.45) is 56.8. The number of rotatable bonds is 34. The maximum Gasteiger partial charge on any atom is 0.220 e. The van der Waals surface area contributed by atoms with Crippen molar-refractivity contribution in [3.63, 3.8) is 0 Å². The number of carbonyl (C=O) groups excluding carboxylic acids is 1. The van der Waals surface area contributed by atoms with Gasteiger partial charge in [0.05, 0.1) is 18.8 Å². The molecule has 0 fully saturated rings. The molecule has 2 unspecified atom stereocenters. The molecule has 0 aromatic carbocycles. The first kappa shape index (κ1) is 45.6. The van der Waals surface area contributed by atoms with Crippen LogP contribution in [0.4, 0.5) is 0 Å². The number of aliphatic hydroxyl groups excluding tert-OH is 2. The maximum atomic E-state index is 12.2. The Bertz CT molecular complexity index is 895. The zero-order valence-electron chi connectivity index (χ0n) is 31.2. The fourth-order valence-electron chi connectivity index (χ4n) is 5.40. The number of carbonyl (C=O) groups is 1. The van der Waals surface area contributed by atoms with Crippen molar-refractivity contribution in [3.05, 3.63) is 85.1 Å². The zero-order chi connectivity index (χ0) is 35.0. The summed E-state index contributed by atoms with van der Waals surface area (Å²) >= 11 is 0. The summed E-state index contributed by atoms with van der Waals surface area (Å²) in [5, 5.41) is 22.7. The van der Waals surface area contributed by atoms with Crippen LogP contribution in [0, 0.1) is 0 Å². The molecule has 2 atom stereocenters. The fourth-order valence-corrected chi connectivity index (χ4v) is 5.40. The minimum absolute atomic E-state index is 0.0505. The molecular weight excluding hydrogens is 590 g/mol. The Morgan fingerprint density at radius 3 is 1.38 bits per heavy atom. The van der Waals surface area contributed by atoms with Gasteiger partial charge >= 0.3 is 0 Å². The van der Waals surface area contributed by atoms with E-state index >= 15 is 0 Å². The van der Waals surface area contributed by atoms with E-state index in [0.717, 1.165) is 70.6 Å². The van der Waals surface area contributed by atoms with Crippen molar-refractivity contribution >= 4 is 5.91 Å². The Kier molecular flexibility index (Phi) is 37.0. The van der Waals surface area contributed by atoms with E-state index in [1.165, 1.54) is 70.6 Å². The van der Waals surface area contributed by atoms with Gasteiger partial charge in [0.15, 0.2) is 0 Å². The van der Waals surface area contributed by atoms with Crippen molar-refractivity contribution in [2.45, 2.75) is 180 Å². The fraction of sp³-hybridized carbons (Fsp3) is 0.659. The molecule has 0 aliphatic rings. The zero-order valence-corrected chi connectivity index (χ0v) is 31.2. The van der Waals surface area contributed by atoms with E-state index in [1.54, 1.807) is 0 Å². The number of nitrogens with one attached hydrogen (secondary N) is 1. The lowest BCUT2D eigenvalue weighted by Crippen LogP contribution is -2.45. The molecule has 0 saturated heterocycles. The Labute approximate surface area is 297 Å². The van der Waals surface area contributed by atoms with Crippen LogP contribution in [-0.4, -0.2) is 34.9 Å². The van der Waals surface area contributed by atoms with E-state index < -0.39 is 12.1 Å². The molecule has 0 saturated carbocycles. The van der Waals surface area contributed by atoms with Crippen LogP contribution >= 0.6 is 0 Å². The molecular formula is C44H75NO3. The van der Waals surface area contributed by atoms with Crippen molar-refractivity contribution in [1.82, 2.24) is 5.32 Å². The largest absolute Gasteiger partial charge is 0.394 e. The van der Waals surface area contributed by atoms with Gasteiger partial charge in [-0.3, -0.25) is 4.79 Å². The van der Waals surface area contributed by atoms with E-state index in [2.05, 4.69) is 104 Å². The van der Waals surface area contributed by atoms with Crippen LogP contribution < -0.4 is 5.32 Å². The SMILES string of the molecule is CC/C=C\C/C=C\C/C=C\C/C=C\C/C=C\C/C=C\C/C=C\CCCCCCCCCCCC(=O)NC(CO)C(O)CCCCCCC. The van der Waals surface area contributed by atoms with Crippen molar-refractivity contribution in [1.29, 1.82) is 0 Å². The Balaban J connectivity index is 3.56. The molecule has 0 aliphatic heterocycles. The van der Waals surface area contributed by atoms with Gasteiger partial charge in [-0.2, -0.15) is 0 Å². The van der Waals surface area contributed by atoms with Gasteiger partial charge in [-0.1, -0.05) is 176 Å². The molecule has 48 heavy (non-hydrogen) atoms. The molecule has 0 heterocycles. The second-order valence-corrected chi connectivity index (χ2v) is 13.0. The number of hydrogen-bond acceptors (Lipinski definition) is 3. The van der Waals surface area contributed by atoms with Crippen molar-refractivity contribution in [2.24, 2.45) is 0 Å². The number of hydrogen-bond donors (Lipinski definition) is 3. The first-order chi connectivity index (χ1) is 23.7. The molecule has 0 radical (unpaired) electrons. The first-order valence-electron chi connectivity index (χ1n) is 19.8. The Morgan fingerprint density at radius 2 is 0.917 bits per heavy atom. The second-order valence-electron chi connectivity index (χ2n) is 13.0. The summed E-state index contributed by atoms with van der Waals surface area (Å²) in [5.74, 6) is -0.0505. The van der Waals surface area contributed by atoms with Gasteiger partial charge in [0.25, 0.3) is 0 Å². The van der Waals surface area contributed by atoms with E-state index in [4.69, 9.17) is 0 Å². The molecule has 4 nitrogen and oxygen atoms in total. The quantitative estimate of drug-likeness (QED) is 0.0473. The summed E-state index contributed by atoms with van der Waals surface area (Å²) < 4.78 is 0. The molecule has 4 heteroatoms. The summed E-state index contributed by atoms with van der Waals surface area (Å²) in [6, 6.07) is -0.540. The van der Waals surface area contributed by atoms with Crippen LogP contribution in [0.2, 0.25) is 0 Å². The van der Waals surface area contributed by atoms with Crippen LogP contribution in [0.15, 0.2) is 85.1 Å². The predicted molar refractivity (Wildman–Crippen MR) is 211 cm³/mol. The number of amides is 1. The second kappa shape index (κ2) is 39.0. The highest BCUT2D eigenvalue weighted by Crippen LogP contribution is 2.13. The molecule has 0 aromatic rings. The van der Waals surface area contributed by atoms with Gasteiger partial charge in [0.2, 0.25) is 5.91 Å². The molecule has 0 bridgehead atoms. The standard InChI is InChI=1S/C44H75NO3/c1-3-5-7-9-10-11-12-13-14-15-16-17-18-19-20-21-22-23-24-25-26-27-28-29-30-31-32-33-34-36-38-40-44(48)45-42(41-46)43(47)39-37-35-8-6-4-2/h5,7,10-11,13-14,16-17,19-20,22-23,25-26,42-43,46-47H,3-4,6,8-9,12,15,18,21,24,27-41H2,1-2H3,(H,45,48)/b7-5-,11-10-,14-13-,17-16-,20-19-,23-22-,26-25-. The lowest BCUT2D eigenvalue weighted by molar-refractivity contribution is -0.123. The summed E-state index contributed by atoms with van der Waals surface area (Å²) in [4.78, 5) is 12.2. The van der Waals surface area contributed by atoms with E-state index in [1.807, 2.05) is 0 Å². The number of unbranched alkanes of at least 4 members (excludes halogenated alkanes) is 13. The average Bonchev–Trinajstić information content (AvgIpc) is 3.09. The van der Waals surface area contributed by atoms with Crippen LogP contribution in [0.25, 0.3) is 0 Å². The number of aliphatic hydroxyl groups is 2. The Morgan fingerprint density at radius 1 is 0.521 bits per heavy atom. The van der Waals surface area contributed by atoms with Gasteiger partial charge in [-0.25, -0.2) is 0 Å². The summed E-state index contributed by atoms with van der Waals surface area (Å²) in [6.45, 7) is 4.14. The smallest absolute Gasteiger partial charge is 0.220 e. The van der Waals surface area contributed by atoms with Crippen LogP contribution in [0.1, 0.15) is 168 Å². The highest BCUT2D eigenvalue weighted by Gasteiger charge is 2.19.